The van der Waals surface area contributed by atoms with Gasteiger partial charge in [0.25, 0.3) is 0 Å². The van der Waals surface area contributed by atoms with E-state index in [-0.39, 0.29) is 6.61 Å². The van der Waals surface area contributed by atoms with Gasteiger partial charge in [-0.1, -0.05) is 0 Å². The second kappa shape index (κ2) is 2.92. The van der Waals surface area contributed by atoms with Crippen molar-refractivity contribution < 1.29 is 5.11 Å². The lowest BCUT2D eigenvalue weighted by Gasteiger charge is -2.01. The van der Waals surface area contributed by atoms with E-state index < -0.39 is 0 Å². The molecule has 0 fully saturated rings. The van der Waals surface area contributed by atoms with Crippen LogP contribution in [0, 0.1) is 6.92 Å². The first-order valence-electron chi connectivity index (χ1n) is 3.51. The Labute approximate surface area is 65.8 Å². The molecule has 0 aliphatic rings. The summed E-state index contributed by atoms with van der Waals surface area (Å²) in [5.41, 5.74) is 1.74. The van der Waals surface area contributed by atoms with Gasteiger partial charge in [-0.2, -0.15) is 5.10 Å². The van der Waals surface area contributed by atoms with E-state index in [4.69, 9.17) is 5.11 Å². The Morgan fingerprint density at radius 1 is 1.64 bits per heavy atom. The van der Waals surface area contributed by atoms with Crippen molar-refractivity contribution in [1.29, 1.82) is 0 Å². The van der Waals surface area contributed by atoms with Gasteiger partial charge in [-0.25, -0.2) is 0 Å². The number of aryl methyl sites for hydroxylation is 2. The smallest absolute Gasteiger partial charge is 0.129 e. The lowest BCUT2D eigenvalue weighted by Crippen LogP contribution is -2.00. The van der Waals surface area contributed by atoms with E-state index in [9.17, 15) is 0 Å². The summed E-state index contributed by atoms with van der Waals surface area (Å²) in [7, 11) is 3.66. The third kappa shape index (κ3) is 1.21. The number of hydrogen-bond acceptors (Lipinski definition) is 3. The van der Waals surface area contributed by atoms with Gasteiger partial charge in [0.2, 0.25) is 0 Å². The molecule has 0 atom stereocenters. The number of nitrogens with one attached hydrogen (secondary N) is 1. The van der Waals surface area contributed by atoms with Gasteiger partial charge in [-0.3, -0.25) is 4.68 Å². The third-order valence-electron chi connectivity index (χ3n) is 1.74. The average Bonchev–Trinajstić information content (AvgIpc) is 2.24. The predicted octanol–water partition coefficient (Wildman–Crippen LogP) is 0.263. The van der Waals surface area contributed by atoms with Crippen molar-refractivity contribution >= 4 is 5.82 Å². The maximum atomic E-state index is 8.95. The zero-order chi connectivity index (χ0) is 8.43. The molecule has 0 aliphatic heterocycles. The zero-order valence-electron chi connectivity index (χ0n) is 7.05. The molecular weight excluding hydrogens is 142 g/mol. The molecule has 11 heavy (non-hydrogen) atoms. The fourth-order valence-corrected chi connectivity index (χ4v) is 1.20. The van der Waals surface area contributed by atoms with Crippen LogP contribution in [0.4, 0.5) is 5.82 Å². The monoisotopic (exact) mass is 155 g/mol. The Morgan fingerprint density at radius 2 is 2.27 bits per heavy atom. The molecule has 0 amide bonds. The summed E-state index contributed by atoms with van der Waals surface area (Å²) in [6, 6.07) is 0. The Balaban J connectivity index is 3.17. The van der Waals surface area contributed by atoms with Crippen LogP contribution >= 0.6 is 0 Å². The first kappa shape index (κ1) is 8.07. The maximum absolute atomic E-state index is 8.95. The van der Waals surface area contributed by atoms with Gasteiger partial charge in [-0.15, -0.1) is 0 Å². The number of aliphatic hydroxyl groups is 1. The van der Waals surface area contributed by atoms with E-state index in [0.29, 0.717) is 0 Å². The Morgan fingerprint density at radius 3 is 2.64 bits per heavy atom. The quantitative estimate of drug-likeness (QED) is 0.644. The van der Waals surface area contributed by atoms with E-state index in [1.165, 1.54) is 0 Å². The molecular formula is C7H13N3O. The first-order valence-corrected chi connectivity index (χ1v) is 3.51. The molecule has 0 saturated heterocycles. The van der Waals surface area contributed by atoms with E-state index >= 15 is 0 Å². The van der Waals surface area contributed by atoms with Crippen LogP contribution in [0.25, 0.3) is 0 Å². The molecule has 1 heterocycles. The normalized spacial score (nSPS) is 10.2. The minimum atomic E-state index is 0.0375. The lowest BCUT2D eigenvalue weighted by atomic mass is 10.2. The molecule has 1 rings (SSSR count). The fourth-order valence-electron chi connectivity index (χ4n) is 1.20. The maximum Gasteiger partial charge on any atom is 0.129 e. The second-order valence-electron chi connectivity index (χ2n) is 2.44. The van der Waals surface area contributed by atoms with E-state index in [1.54, 1.807) is 4.68 Å². The van der Waals surface area contributed by atoms with Gasteiger partial charge in [0, 0.05) is 19.7 Å². The van der Waals surface area contributed by atoms with Crippen molar-refractivity contribution in [2.24, 2.45) is 7.05 Å². The van der Waals surface area contributed by atoms with Gasteiger partial charge < -0.3 is 10.4 Å². The molecule has 2 N–H and O–H groups in total. The minimum Gasteiger partial charge on any atom is -0.391 e. The van der Waals surface area contributed by atoms with Crippen LogP contribution in [-0.4, -0.2) is 21.9 Å². The van der Waals surface area contributed by atoms with Crippen molar-refractivity contribution in [3.8, 4) is 0 Å². The highest BCUT2D eigenvalue weighted by Gasteiger charge is 2.09. The number of rotatable bonds is 2. The Hall–Kier alpha value is -1.03. The van der Waals surface area contributed by atoms with Crippen molar-refractivity contribution in [3.63, 3.8) is 0 Å². The molecule has 1 aromatic heterocycles. The van der Waals surface area contributed by atoms with Crippen LogP contribution in [0.1, 0.15) is 11.3 Å². The molecule has 0 aliphatic carbocycles. The van der Waals surface area contributed by atoms with Crippen LogP contribution in [-0.2, 0) is 13.7 Å². The van der Waals surface area contributed by atoms with Crippen LogP contribution in [0.3, 0.4) is 0 Å². The van der Waals surface area contributed by atoms with Crippen LogP contribution in [0.2, 0.25) is 0 Å². The fraction of sp³-hybridized carbons (Fsp3) is 0.571. The van der Waals surface area contributed by atoms with Gasteiger partial charge in [0.05, 0.1) is 12.3 Å². The molecule has 4 heteroatoms. The second-order valence-corrected chi connectivity index (χ2v) is 2.44. The predicted molar refractivity (Wildman–Crippen MR) is 43.4 cm³/mol. The molecule has 0 saturated carbocycles. The van der Waals surface area contributed by atoms with Crippen molar-refractivity contribution in [2.75, 3.05) is 12.4 Å². The number of aromatic nitrogens is 2. The van der Waals surface area contributed by atoms with Gasteiger partial charge in [-0.05, 0) is 6.92 Å². The molecule has 0 unspecified atom stereocenters. The summed E-state index contributed by atoms with van der Waals surface area (Å²) < 4.78 is 1.72. The summed E-state index contributed by atoms with van der Waals surface area (Å²) in [6.07, 6.45) is 0. The van der Waals surface area contributed by atoms with E-state index in [2.05, 4.69) is 10.4 Å². The first-order chi connectivity index (χ1) is 5.20. The number of anilines is 1. The summed E-state index contributed by atoms with van der Waals surface area (Å²) in [5, 5.41) is 16.1. The topological polar surface area (TPSA) is 50.1 Å². The molecule has 0 radical (unpaired) electrons. The van der Waals surface area contributed by atoms with Crippen molar-refractivity contribution in [1.82, 2.24) is 9.78 Å². The van der Waals surface area contributed by atoms with E-state index in [0.717, 1.165) is 17.1 Å². The summed E-state index contributed by atoms with van der Waals surface area (Å²) in [5.74, 6) is 0.880. The third-order valence-corrected chi connectivity index (χ3v) is 1.74. The largest absolute Gasteiger partial charge is 0.391 e. The molecule has 62 valence electrons. The SMILES string of the molecule is CNc1c(CO)c(C)nn1C. The molecule has 0 aromatic carbocycles. The highest BCUT2D eigenvalue weighted by atomic mass is 16.3. The van der Waals surface area contributed by atoms with Crippen LogP contribution < -0.4 is 5.32 Å². The highest BCUT2D eigenvalue weighted by Crippen LogP contribution is 2.17. The number of hydrogen-bond donors (Lipinski definition) is 2. The number of aliphatic hydroxyl groups excluding tert-OH is 1. The van der Waals surface area contributed by atoms with Crippen molar-refractivity contribution in [3.05, 3.63) is 11.3 Å². The number of nitrogens with zero attached hydrogens (tertiary/aromatic N) is 2. The van der Waals surface area contributed by atoms with Gasteiger partial charge in [0.15, 0.2) is 0 Å². The Bertz CT molecular complexity index is 230. The highest BCUT2D eigenvalue weighted by molar-refractivity contribution is 5.46. The van der Waals surface area contributed by atoms with Crippen LogP contribution in [0.15, 0.2) is 0 Å². The summed E-state index contributed by atoms with van der Waals surface area (Å²) in [4.78, 5) is 0. The van der Waals surface area contributed by atoms with Crippen molar-refractivity contribution in [2.45, 2.75) is 13.5 Å². The van der Waals surface area contributed by atoms with Crippen LogP contribution in [0.5, 0.6) is 0 Å². The molecule has 0 bridgehead atoms. The zero-order valence-corrected chi connectivity index (χ0v) is 7.05. The summed E-state index contributed by atoms with van der Waals surface area (Å²) in [6.45, 7) is 1.92. The molecule has 0 spiro atoms. The Kier molecular flexibility index (Phi) is 2.14. The summed E-state index contributed by atoms with van der Waals surface area (Å²) >= 11 is 0. The van der Waals surface area contributed by atoms with Gasteiger partial charge in [0.1, 0.15) is 5.82 Å². The van der Waals surface area contributed by atoms with E-state index in [1.807, 2.05) is 21.0 Å². The molecule has 4 nitrogen and oxygen atoms in total. The van der Waals surface area contributed by atoms with Gasteiger partial charge >= 0.3 is 0 Å². The lowest BCUT2D eigenvalue weighted by molar-refractivity contribution is 0.281. The standard InChI is InChI=1S/C7H13N3O/c1-5-6(4-11)7(8-2)10(3)9-5/h8,11H,4H2,1-3H3. The minimum absolute atomic E-state index is 0.0375. The molecule has 1 aromatic rings. The average molecular weight is 155 g/mol.